The van der Waals surface area contributed by atoms with E-state index < -0.39 is 0 Å². The van der Waals surface area contributed by atoms with Gasteiger partial charge >= 0.3 is 0 Å². The van der Waals surface area contributed by atoms with Crippen molar-refractivity contribution in [1.29, 1.82) is 5.41 Å². The van der Waals surface area contributed by atoms with Crippen molar-refractivity contribution in [1.82, 2.24) is 0 Å². The summed E-state index contributed by atoms with van der Waals surface area (Å²) in [6.45, 7) is 4.45. The van der Waals surface area contributed by atoms with E-state index in [1.807, 2.05) is 50.2 Å². The van der Waals surface area contributed by atoms with Gasteiger partial charge in [-0.1, -0.05) is 28.1 Å². The van der Waals surface area contributed by atoms with Crippen molar-refractivity contribution in [2.75, 3.05) is 0 Å². The first-order valence-corrected chi connectivity index (χ1v) is 7.09. The van der Waals surface area contributed by atoms with E-state index in [1.165, 1.54) is 0 Å². The SMILES string of the molecule is Cc1cc(C(=N)N)cc(C)c1OCc1cccc(Br)c1. The largest absolute Gasteiger partial charge is 0.488 e. The smallest absolute Gasteiger partial charge is 0.125 e. The fraction of sp³-hybridized carbons (Fsp3) is 0.188. The Bertz CT molecular complexity index is 630. The van der Waals surface area contributed by atoms with Crippen LogP contribution in [0.3, 0.4) is 0 Å². The van der Waals surface area contributed by atoms with Crippen molar-refractivity contribution in [3.8, 4) is 5.75 Å². The van der Waals surface area contributed by atoms with Crippen molar-refractivity contribution in [3.63, 3.8) is 0 Å². The molecular formula is C16H17BrN2O. The lowest BCUT2D eigenvalue weighted by Gasteiger charge is -2.14. The molecule has 0 unspecified atom stereocenters. The van der Waals surface area contributed by atoms with Crippen molar-refractivity contribution in [2.45, 2.75) is 20.5 Å². The molecule has 20 heavy (non-hydrogen) atoms. The number of amidine groups is 1. The molecule has 0 atom stereocenters. The van der Waals surface area contributed by atoms with Crippen LogP contribution in [-0.2, 0) is 6.61 Å². The molecule has 0 radical (unpaired) electrons. The number of nitrogens with one attached hydrogen (secondary N) is 1. The maximum Gasteiger partial charge on any atom is 0.125 e. The molecule has 3 N–H and O–H groups in total. The lowest BCUT2D eigenvalue weighted by molar-refractivity contribution is 0.302. The van der Waals surface area contributed by atoms with E-state index >= 15 is 0 Å². The van der Waals surface area contributed by atoms with Crippen molar-refractivity contribution >= 4 is 21.8 Å². The molecule has 0 fully saturated rings. The highest BCUT2D eigenvalue weighted by molar-refractivity contribution is 9.10. The molecule has 0 heterocycles. The average molecular weight is 333 g/mol. The number of rotatable bonds is 4. The van der Waals surface area contributed by atoms with E-state index in [1.54, 1.807) is 0 Å². The summed E-state index contributed by atoms with van der Waals surface area (Å²) in [7, 11) is 0. The number of nitrogens with two attached hydrogens (primary N) is 1. The molecule has 0 aliphatic carbocycles. The zero-order valence-corrected chi connectivity index (χ0v) is 13.1. The van der Waals surface area contributed by atoms with Crippen molar-refractivity contribution in [2.24, 2.45) is 5.73 Å². The molecular weight excluding hydrogens is 316 g/mol. The third kappa shape index (κ3) is 3.39. The maximum atomic E-state index is 7.49. The van der Waals surface area contributed by atoms with Gasteiger partial charge in [-0.25, -0.2) is 0 Å². The molecule has 3 nitrogen and oxygen atoms in total. The van der Waals surface area contributed by atoms with Crippen LogP contribution in [0.2, 0.25) is 0 Å². The van der Waals surface area contributed by atoms with E-state index in [0.717, 1.165) is 32.5 Å². The summed E-state index contributed by atoms with van der Waals surface area (Å²) < 4.78 is 6.95. The maximum absolute atomic E-state index is 7.49. The summed E-state index contributed by atoms with van der Waals surface area (Å²) in [4.78, 5) is 0. The van der Waals surface area contributed by atoms with Crippen LogP contribution in [-0.4, -0.2) is 5.84 Å². The van der Waals surface area contributed by atoms with E-state index in [0.29, 0.717) is 6.61 Å². The molecule has 0 bridgehead atoms. The summed E-state index contributed by atoms with van der Waals surface area (Å²) in [5, 5.41) is 7.49. The topological polar surface area (TPSA) is 59.1 Å². The second-order valence-corrected chi connectivity index (χ2v) is 5.69. The predicted molar refractivity (Wildman–Crippen MR) is 85.4 cm³/mol. The number of benzene rings is 2. The minimum absolute atomic E-state index is 0.0785. The molecule has 104 valence electrons. The van der Waals surface area contributed by atoms with Gasteiger partial charge in [-0.3, -0.25) is 5.41 Å². The summed E-state index contributed by atoms with van der Waals surface area (Å²) in [6.07, 6.45) is 0. The highest BCUT2D eigenvalue weighted by atomic mass is 79.9. The van der Waals surface area contributed by atoms with Crippen LogP contribution in [0.25, 0.3) is 0 Å². The predicted octanol–water partition coefficient (Wildman–Crippen LogP) is 3.93. The van der Waals surface area contributed by atoms with Crippen LogP contribution in [0, 0.1) is 19.3 Å². The minimum Gasteiger partial charge on any atom is -0.488 e. The van der Waals surface area contributed by atoms with E-state index in [-0.39, 0.29) is 5.84 Å². The summed E-state index contributed by atoms with van der Waals surface area (Å²) in [5.74, 6) is 0.935. The summed E-state index contributed by atoms with van der Waals surface area (Å²) in [6, 6.07) is 11.8. The summed E-state index contributed by atoms with van der Waals surface area (Å²) >= 11 is 3.45. The van der Waals surface area contributed by atoms with Crippen LogP contribution < -0.4 is 10.5 Å². The number of halogens is 1. The minimum atomic E-state index is 0.0785. The Hall–Kier alpha value is -1.81. The van der Waals surface area contributed by atoms with Gasteiger partial charge in [0.1, 0.15) is 18.2 Å². The Morgan fingerprint density at radius 2 is 1.85 bits per heavy atom. The second kappa shape index (κ2) is 6.09. The lowest BCUT2D eigenvalue weighted by Crippen LogP contribution is -2.12. The monoisotopic (exact) mass is 332 g/mol. The van der Waals surface area contributed by atoms with Gasteiger partial charge in [0.2, 0.25) is 0 Å². The lowest BCUT2D eigenvalue weighted by atomic mass is 10.1. The molecule has 2 rings (SSSR count). The zero-order chi connectivity index (χ0) is 14.7. The van der Waals surface area contributed by atoms with Crippen LogP contribution >= 0.6 is 15.9 Å². The highest BCUT2D eigenvalue weighted by Gasteiger charge is 2.08. The highest BCUT2D eigenvalue weighted by Crippen LogP contribution is 2.26. The molecule has 2 aromatic rings. The van der Waals surface area contributed by atoms with E-state index in [2.05, 4.69) is 15.9 Å². The molecule has 0 spiro atoms. The van der Waals surface area contributed by atoms with Crippen LogP contribution in [0.1, 0.15) is 22.3 Å². The first kappa shape index (κ1) is 14.6. The standard InChI is InChI=1S/C16H17BrN2O/c1-10-6-13(16(18)19)7-11(2)15(10)20-9-12-4-3-5-14(17)8-12/h3-8H,9H2,1-2H3,(H3,18,19). The van der Waals surface area contributed by atoms with Crippen molar-refractivity contribution < 1.29 is 4.74 Å². The average Bonchev–Trinajstić information content (AvgIpc) is 2.37. The Morgan fingerprint density at radius 3 is 2.40 bits per heavy atom. The number of aryl methyl sites for hydroxylation is 2. The third-order valence-corrected chi connectivity index (χ3v) is 3.54. The van der Waals surface area contributed by atoms with Crippen LogP contribution in [0.15, 0.2) is 40.9 Å². The first-order valence-electron chi connectivity index (χ1n) is 6.30. The van der Waals surface area contributed by atoms with Gasteiger partial charge in [-0.15, -0.1) is 0 Å². The Labute approximate surface area is 127 Å². The number of nitrogen functional groups attached to an aromatic ring is 1. The molecule has 0 saturated carbocycles. The van der Waals surface area contributed by atoms with E-state index in [4.69, 9.17) is 15.9 Å². The Morgan fingerprint density at radius 1 is 1.20 bits per heavy atom. The molecule has 4 heteroatoms. The van der Waals surface area contributed by atoms with Crippen molar-refractivity contribution in [3.05, 3.63) is 63.1 Å². The number of hydrogen-bond donors (Lipinski definition) is 2. The Balaban J connectivity index is 2.20. The second-order valence-electron chi connectivity index (χ2n) is 4.77. The van der Waals surface area contributed by atoms with Gasteiger partial charge in [0.05, 0.1) is 0 Å². The third-order valence-electron chi connectivity index (χ3n) is 3.04. The Kier molecular flexibility index (Phi) is 4.45. The van der Waals surface area contributed by atoms with Gasteiger partial charge in [-0.2, -0.15) is 0 Å². The number of ether oxygens (including phenoxy) is 1. The molecule has 0 aromatic heterocycles. The quantitative estimate of drug-likeness (QED) is 0.658. The molecule has 0 amide bonds. The number of hydrogen-bond acceptors (Lipinski definition) is 2. The fourth-order valence-electron chi connectivity index (χ4n) is 2.12. The zero-order valence-electron chi connectivity index (χ0n) is 11.5. The van der Waals surface area contributed by atoms with Gasteiger partial charge in [-0.05, 0) is 54.8 Å². The normalized spacial score (nSPS) is 10.3. The van der Waals surface area contributed by atoms with Gasteiger partial charge in [0.25, 0.3) is 0 Å². The van der Waals surface area contributed by atoms with Gasteiger partial charge in [0.15, 0.2) is 0 Å². The van der Waals surface area contributed by atoms with Crippen LogP contribution in [0.5, 0.6) is 5.75 Å². The molecule has 0 saturated heterocycles. The first-order chi connectivity index (χ1) is 9.47. The van der Waals surface area contributed by atoms with Crippen LogP contribution in [0.4, 0.5) is 0 Å². The van der Waals surface area contributed by atoms with Gasteiger partial charge < -0.3 is 10.5 Å². The molecule has 0 aliphatic rings. The van der Waals surface area contributed by atoms with E-state index in [9.17, 15) is 0 Å². The molecule has 2 aromatic carbocycles. The fourth-order valence-corrected chi connectivity index (χ4v) is 2.56. The summed E-state index contributed by atoms with van der Waals surface area (Å²) in [5.41, 5.74) is 9.34. The molecule has 0 aliphatic heterocycles. The van der Waals surface area contributed by atoms with Gasteiger partial charge in [0, 0.05) is 10.0 Å².